The van der Waals surface area contributed by atoms with Crippen molar-refractivity contribution in [2.24, 2.45) is 0 Å². The van der Waals surface area contributed by atoms with E-state index in [0.29, 0.717) is 0 Å². The Kier molecular flexibility index (Phi) is 12.2. The van der Waals surface area contributed by atoms with Gasteiger partial charge in [0.2, 0.25) is 0 Å². The van der Waals surface area contributed by atoms with Crippen LogP contribution in [0.3, 0.4) is 0 Å². The van der Waals surface area contributed by atoms with E-state index in [0.717, 1.165) is 24.0 Å². The molecule has 0 aliphatic heterocycles. The molecule has 0 aliphatic rings. The molecule has 0 aromatic carbocycles. The Hall–Kier alpha value is -1.04. The van der Waals surface area contributed by atoms with Gasteiger partial charge in [-0.1, -0.05) is 56.4 Å². The molecule has 0 radical (unpaired) electrons. The first kappa shape index (κ1) is 14.5. The summed E-state index contributed by atoms with van der Waals surface area (Å²) < 4.78 is 0. The molecule has 0 aromatic heterocycles. The number of hydrogen-bond donors (Lipinski definition) is 0. The fourth-order valence-electron chi connectivity index (χ4n) is 0.631. The zero-order valence-electron chi connectivity index (χ0n) is 9.27. The Morgan fingerprint density at radius 3 is 2.08 bits per heavy atom. The van der Waals surface area contributed by atoms with E-state index in [1.807, 2.05) is 39.0 Å². The van der Waals surface area contributed by atoms with Crippen molar-refractivity contribution in [3.8, 4) is 0 Å². The first-order chi connectivity index (χ1) is 6.16. The standard InChI is InChI=1S/C11H16.C2H6/c1-5-6-7-11(4)9-8-10(2)3;1-2/h5,8-9H,1-2,4,6-7H2,3H3;1-2H3/b9-8-;. The minimum Gasteiger partial charge on any atom is -0.103 e. The van der Waals surface area contributed by atoms with Crippen LogP contribution in [0.2, 0.25) is 0 Å². The van der Waals surface area contributed by atoms with Crippen molar-refractivity contribution in [2.75, 3.05) is 0 Å². The van der Waals surface area contributed by atoms with Gasteiger partial charge in [-0.05, 0) is 19.8 Å². The van der Waals surface area contributed by atoms with Crippen molar-refractivity contribution in [3.05, 3.63) is 49.1 Å². The van der Waals surface area contributed by atoms with Crippen LogP contribution in [0, 0.1) is 0 Å². The van der Waals surface area contributed by atoms with Crippen LogP contribution in [0.15, 0.2) is 49.1 Å². The Morgan fingerprint density at radius 2 is 1.69 bits per heavy atom. The normalized spacial score (nSPS) is 8.85. The minimum atomic E-state index is 0.993. The van der Waals surface area contributed by atoms with Crippen molar-refractivity contribution in [1.29, 1.82) is 0 Å². The fraction of sp³-hybridized carbons (Fsp3) is 0.385. The predicted octanol–water partition coefficient (Wildman–Crippen LogP) is 4.67. The Morgan fingerprint density at radius 1 is 1.15 bits per heavy atom. The van der Waals surface area contributed by atoms with Crippen LogP contribution in [0.4, 0.5) is 0 Å². The second-order valence-corrected chi connectivity index (χ2v) is 2.67. The third kappa shape index (κ3) is 13.9. The van der Waals surface area contributed by atoms with Gasteiger partial charge in [0.25, 0.3) is 0 Å². The van der Waals surface area contributed by atoms with Gasteiger partial charge >= 0.3 is 0 Å². The Labute approximate surface area is 83.4 Å². The highest BCUT2D eigenvalue weighted by Gasteiger charge is 1.85. The second-order valence-electron chi connectivity index (χ2n) is 2.67. The molecule has 13 heavy (non-hydrogen) atoms. The minimum absolute atomic E-state index is 0.993. The number of hydrogen-bond acceptors (Lipinski definition) is 0. The number of allylic oxidation sites excluding steroid dienone is 5. The van der Waals surface area contributed by atoms with Crippen LogP contribution in [-0.4, -0.2) is 0 Å². The first-order valence-electron chi connectivity index (χ1n) is 4.79. The van der Waals surface area contributed by atoms with E-state index in [-0.39, 0.29) is 0 Å². The van der Waals surface area contributed by atoms with Crippen molar-refractivity contribution in [1.82, 2.24) is 0 Å². The van der Waals surface area contributed by atoms with Gasteiger partial charge in [0.05, 0.1) is 0 Å². The highest BCUT2D eigenvalue weighted by molar-refractivity contribution is 5.22. The van der Waals surface area contributed by atoms with Gasteiger partial charge in [-0.3, -0.25) is 0 Å². The molecule has 0 heteroatoms. The summed E-state index contributed by atoms with van der Waals surface area (Å²) in [5, 5.41) is 0. The molecule has 74 valence electrons. The van der Waals surface area contributed by atoms with Crippen molar-refractivity contribution >= 4 is 0 Å². The lowest BCUT2D eigenvalue weighted by atomic mass is 10.1. The van der Waals surface area contributed by atoms with Gasteiger partial charge < -0.3 is 0 Å². The van der Waals surface area contributed by atoms with Gasteiger partial charge in [-0.15, -0.1) is 6.58 Å². The van der Waals surface area contributed by atoms with Crippen molar-refractivity contribution in [3.63, 3.8) is 0 Å². The molecule has 0 amide bonds. The monoisotopic (exact) mass is 178 g/mol. The average molecular weight is 178 g/mol. The third-order valence-electron chi connectivity index (χ3n) is 1.27. The summed E-state index contributed by atoms with van der Waals surface area (Å²) in [4.78, 5) is 0. The maximum Gasteiger partial charge on any atom is -0.0250 e. The maximum absolute atomic E-state index is 3.89. The predicted molar refractivity (Wildman–Crippen MR) is 63.9 cm³/mol. The SMILES string of the molecule is C=CCCC(=C)/C=C\C(=C)C.CC. The summed E-state index contributed by atoms with van der Waals surface area (Å²) in [6, 6.07) is 0. The number of rotatable bonds is 5. The zero-order valence-corrected chi connectivity index (χ0v) is 9.27. The summed E-state index contributed by atoms with van der Waals surface area (Å²) in [6.45, 7) is 17.3. The molecule has 0 spiro atoms. The molecule has 0 rings (SSSR count). The molecular formula is C13H22. The van der Waals surface area contributed by atoms with Crippen molar-refractivity contribution in [2.45, 2.75) is 33.6 Å². The smallest absolute Gasteiger partial charge is 0.0250 e. The quantitative estimate of drug-likeness (QED) is 0.424. The van der Waals surface area contributed by atoms with E-state index in [2.05, 4.69) is 19.7 Å². The second kappa shape index (κ2) is 11.0. The lowest BCUT2D eigenvalue weighted by Gasteiger charge is -1.94. The van der Waals surface area contributed by atoms with Gasteiger partial charge in [0.15, 0.2) is 0 Å². The van der Waals surface area contributed by atoms with E-state index in [1.54, 1.807) is 0 Å². The van der Waals surface area contributed by atoms with E-state index in [9.17, 15) is 0 Å². The maximum atomic E-state index is 3.89. The Bertz CT molecular complexity index is 182. The average Bonchev–Trinajstić information content (AvgIpc) is 2.14. The summed E-state index contributed by atoms with van der Waals surface area (Å²) in [5.41, 5.74) is 2.19. The van der Waals surface area contributed by atoms with Crippen LogP contribution in [0.25, 0.3) is 0 Å². The molecule has 0 unspecified atom stereocenters. The van der Waals surface area contributed by atoms with Gasteiger partial charge in [0, 0.05) is 0 Å². The molecule has 0 N–H and O–H groups in total. The highest BCUT2D eigenvalue weighted by atomic mass is 13.9. The van der Waals surface area contributed by atoms with E-state index in [4.69, 9.17) is 0 Å². The van der Waals surface area contributed by atoms with E-state index < -0.39 is 0 Å². The molecule has 0 aliphatic carbocycles. The molecule has 0 aromatic rings. The molecule has 0 saturated carbocycles. The van der Waals surface area contributed by atoms with Crippen molar-refractivity contribution < 1.29 is 0 Å². The molecule has 0 heterocycles. The van der Waals surface area contributed by atoms with Crippen LogP contribution < -0.4 is 0 Å². The highest BCUT2D eigenvalue weighted by Crippen LogP contribution is 2.05. The largest absolute Gasteiger partial charge is 0.103 e. The molecular weight excluding hydrogens is 156 g/mol. The molecule has 0 bridgehead atoms. The lowest BCUT2D eigenvalue weighted by Crippen LogP contribution is -1.74. The molecule has 0 saturated heterocycles. The van der Waals surface area contributed by atoms with E-state index in [1.165, 1.54) is 0 Å². The summed E-state index contributed by atoms with van der Waals surface area (Å²) >= 11 is 0. The molecule has 0 nitrogen and oxygen atoms in total. The van der Waals surface area contributed by atoms with E-state index >= 15 is 0 Å². The van der Waals surface area contributed by atoms with Crippen LogP contribution in [-0.2, 0) is 0 Å². The summed E-state index contributed by atoms with van der Waals surface area (Å²) in [7, 11) is 0. The van der Waals surface area contributed by atoms with Crippen LogP contribution in [0.1, 0.15) is 33.6 Å². The topological polar surface area (TPSA) is 0 Å². The lowest BCUT2D eigenvalue weighted by molar-refractivity contribution is 1.01. The van der Waals surface area contributed by atoms with Gasteiger partial charge in [-0.2, -0.15) is 0 Å². The fourth-order valence-corrected chi connectivity index (χ4v) is 0.631. The molecule has 0 fully saturated rings. The third-order valence-corrected chi connectivity index (χ3v) is 1.27. The first-order valence-corrected chi connectivity index (χ1v) is 4.79. The molecule has 0 atom stereocenters. The van der Waals surface area contributed by atoms with Crippen LogP contribution in [0.5, 0.6) is 0 Å². The van der Waals surface area contributed by atoms with Crippen LogP contribution >= 0.6 is 0 Å². The van der Waals surface area contributed by atoms with Gasteiger partial charge in [-0.25, -0.2) is 0 Å². The summed E-state index contributed by atoms with van der Waals surface area (Å²) in [5.74, 6) is 0. The Balaban J connectivity index is 0. The van der Waals surface area contributed by atoms with Gasteiger partial charge in [0.1, 0.15) is 0 Å². The zero-order chi connectivity index (χ0) is 10.7. The summed E-state index contributed by atoms with van der Waals surface area (Å²) in [6.07, 6.45) is 7.88.